The Labute approximate surface area is 82.9 Å². The van der Waals surface area contributed by atoms with Gasteiger partial charge in [-0.25, -0.2) is 8.42 Å². The molecule has 0 amide bonds. The molecule has 5 heteroatoms. The van der Waals surface area contributed by atoms with Crippen molar-refractivity contribution in [3.63, 3.8) is 0 Å². The normalized spacial score (nSPS) is 12.0. The first-order chi connectivity index (χ1) is 6.34. The highest BCUT2D eigenvalue weighted by Gasteiger charge is 2.19. The highest BCUT2D eigenvalue weighted by atomic mass is 32.2. The molecular weight excluding hydrogens is 202 g/mol. The van der Waals surface area contributed by atoms with Gasteiger partial charge in [-0.05, 0) is 17.5 Å². The van der Waals surface area contributed by atoms with Crippen LogP contribution in [0.25, 0.3) is 0 Å². The van der Waals surface area contributed by atoms with Crippen LogP contribution in [0.2, 0.25) is 0 Å². The van der Waals surface area contributed by atoms with Crippen LogP contribution in [0.5, 0.6) is 0 Å². The third-order valence-corrected chi connectivity index (χ3v) is 3.10. The molecule has 14 heavy (non-hydrogen) atoms. The lowest BCUT2D eigenvalue weighted by Gasteiger charge is -2.09. The predicted molar refractivity (Wildman–Crippen MR) is 54.3 cm³/mol. The van der Waals surface area contributed by atoms with E-state index in [0.717, 1.165) is 6.26 Å². The molecule has 0 aliphatic heterocycles. The summed E-state index contributed by atoms with van der Waals surface area (Å²) in [6.07, 6.45) is 2.51. The molecule has 0 fully saturated rings. The fourth-order valence-corrected chi connectivity index (χ4v) is 2.44. The summed E-state index contributed by atoms with van der Waals surface area (Å²) in [4.78, 5) is 13.6. The summed E-state index contributed by atoms with van der Waals surface area (Å²) >= 11 is 0. The highest BCUT2D eigenvalue weighted by Crippen LogP contribution is 2.19. The average molecular weight is 215 g/mol. The zero-order chi connectivity index (χ0) is 10.9. The number of aromatic nitrogens is 1. The van der Waals surface area contributed by atoms with E-state index < -0.39 is 15.4 Å². The second-order valence-corrected chi connectivity index (χ2v) is 5.47. The van der Waals surface area contributed by atoms with Crippen molar-refractivity contribution in [2.24, 2.45) is 0 Å². The van der Waals surface area contributed by atoms with Crippen LogP contribution in [0.3, 0.4) is 0 Å². The minimum absolute atomic E-state index is 0.0158. The summed E-state index contributed by atoms with van der Waals surface area (Å²) < 4.78 is 22.7. The summed E-state index contributed by atoms with van der Waals surface area (Å²) in [5.41, 5.74) is 0.0231. The first-order valence-electron chi connectivity index (χ1n) is 4.25. The van der Waals surface area contributed by atoms with Crippen molar-refractivity contribution in [3.05, 3.63) is 28.2 Å². The number of hydrogen-bond acceptors (Lipinski definition) is 3. The van der Waals surface area contributed by atoms with Crippen LogP contribution >= 0.6 is 0 Å². The van der Waals surface area contributed by atoms with Gasteiger partial charge in [0.25, 0.3) is 5.56 Å². The molecule has 0 saturated carbocycles. The molecule has 1 rings (SSSR count). The number of rotatable bonds is 2. The minimum Gasteiger partial charge on any atom is -0.328 e. The predicted octanol–water partition coefficient (Wildman–Crippen LogP) is 0.902. The largest absolute Gasteiger partial charge is 0.328 e. The fourth-order valence-electron chi connectivity index (χ4n) is 1.32. The summed E-state index contributed by atoms with van der Waals surface area (Å²) in [6, 6.07) is 1.63. The van der Waals surface area contributed by atoms with Crippen molar-refractivity contribution >= 4 is 9.84 Å². The zero-order valence-corrected chi connectivity index (χ0v) is 9.18. The molecule has 0 atom stereocenters. The molecule has 4 nitrogen and oxygen atoms in total. The van der Waals surface area contributed by atoms with Crippen LogP contribution < -0.4 is 5.56 Å². The van der Waals surface area contributed by atoms with Gasteiger partial charge < -0.3 is 4.98 Å². The molecule has 1 heterocycles. The lowest BCUT2D eigenvalue weighted by atomic mass is 10.1. The Hall–Kier alpha value is -1.10. The Morgan fingerprint density at radius 3 is 2.29 bits per heavy atom. The topological polar surface area (TPSA) is 67.0 Å². The summed E-state index contributed by atoms with van der Waals surface area (Å²) in [6.45, 7) is 3.70. The minimum atomic E-state index is -3.45. The lowest BCUT2D eigenvalue weighted by molar-refractivity contribution is 0.598. The smallest absolute Gasteiger partial charge is 0.267 e. The van der Waals surface area contributed by atoms with Crippen molar-refractivity contribution < 1.29 is 8.42 Å². The lowest BCUT2D eigenvalue weighted by Crippen LogP contribution is -2.19. The monoisotopic (exact) mass is 215 g/mol. The number of sulfone groups is 1. The Morgan fingerprint density at radius 2 is 1.93 bits per heavy atom. The van der Waals surface area contributed by atoms with Gasteiger partial charge in [0.05, 0.1) is 0 Å². The maximum absolute atomic E-state index is 11.4. The highest BCUT2D eigenvalue weighted by molar-refractivity contribution is 7.90. The van der Waals surface area contributed by atoms with Gasteiger partial charge in [0.15, 0.2) is 9.84 Å². The van der Waals surface area contributed by atoms with Crippen LogP contribution in [0.1, 0.15) is 25.3 Å². The van der Waals surface area contributed by atoms with E-state index in [1.165, 1.54) is 6.20 Å². The first-order valence-corrected chi connectivity index (χ1v) is 6.15. The molecule has 0 aliphatic carbocycles. The quantitative estimate of drug-likeness (QED) is 0.797. The van der Waals surface area contributed by atoms with Gasteiger partial charge in [0.1, 0.15) is 4.90 Å². The van der Waals surface area contributed by atoms with Gasteiger partial charge in [-0.1, -0.05) is 13.8 Å². The van der Waals surface area contributed by atoms with E-state index in [1.54, 1.807) is 6.07 Å². The Morgan fingerprint density at radius 1 is 1.36 bits per heavy atom. The molecule has 0 aromatic carbocycles. The Kier molecular flexibility index (Phi) is 2.80. The van der Waals surface area contributed by atoms with Crippen LogP contribution in [0, 0.1) is 0 Å². The summed E-state index contributed by atoms with van der Waals surface area (Å²) in [7, 11) is -3.45. The second kappa shape index (κ2) is 3.57. The van der Waals surface area contributed by atoms with E-state index in [9.17, 15) is 13.2 Å². The maximum Gasteiger partial charge on any atom is 0.267 e. The van der Waals surface area contributed by atoms with Gasteiger partial charge in [-0.15, -0.1) is 0 Å². The second-order valence-electron chi connectivity index (χ2n) is 3.52. The molecule has 0 bridgehead atoms. The van der Waals surface area contributed by atoms with Gasteiger partial charge in [-0.2, -0.15) is 0 Å². The van der Waals surface area contributed by atoms with Gasteiger partial charge in [0.2, 0.25) is 0 Å². The average Bonchev–Trinajstić information content (AvgIpc) is 2.01. The van der Waals surface area contributed by atoms with Crippen molar-refractivity contribution in [3.8, 4) is 0 Å². The van der Waals surface area contributed by atoms with Gasteiger partial charge in [0, 0.05) is 12.5 Å². The van der Waals surface area contributed by atoms with Crippen molar-refractivity contribution in [1.29, 1.82) is 0 Å². The van der Waals surface area contributed by atoms with E-state index >= 15 is 0 Å². The molecule has 1 N–H and O–H groups in total. The van der Waals surface area contributed by atoms with Crippen molar-refractivity contribution in [1.82, 2.24) is 4.98 Å². The van der Waals surface area contributed by atoms with Crippen LogP contribution in [-0.4, -0.2) is 19.7 Å². The Bertz CT molecular complexity index is 485. The number of H-pyrrole nitrogens is 1. The Balaban J connectivity index is 3.63. The molecule has 0 radical (unpaired) electrons. The molecule has 0 saturated heterocycles. The number of nitrogens with one attached hydrogen (secondary N) is 1. The van der Waals surface area contributed by atoms with E-state index in [1.807, 2.05) is 13.8 Å². The van der Waals surface area contributed by atoms with E-state index in [0.29, 0.717) is 5.56 Å². The molecule has 78 valence electrons. The SMILES string of the molecule is CC(C)c1cc[nH]c(=O)c1S(C)(=O)=O. The van der Waals surface area contributed by atoms with E-state index in [-0.39, 0.29) is 10.8 Å². The van der Waals surface area contributed by atoms with Crippen LogP contribution in [-0.2, 0) is 9.84 Å². The maximum atomic E-state index is 11.4. The number of hydrogen-bond donors (Lipinski definition) is 1. The van der Waals surface area contributed by atoms with Crippen molar-refractivity contribution in [2.75, 3.05) is 6.26 Å². The van der Waals surface area contributed by atoms with E-state index in [2.05, 4.69) is 4.98 Å². The third kappa shape index (κ3) is 2.04. The third-order valence-electron chi connectivity index (χ3n) is 1.94. The molecule has 1 aromatic heterocycles. The summed E-state index contributed by atoms with van der Waals surface area (Å²) in [5.74, 6) is 0.0158. The first kappa shape index (κ1) is 11.0. The number of aromatic amines is 1. The van der Waals surface area contributed by atoms with Crippen LogP contribution in [0.4, 0.5) is 0 Å². The number of pyridine rings is 1. The molecular formula is C9H13NO3S. The zero-order valence-electron chi connectivity index (χ0n) is 8.37. The van der Waals surface area contributed by atoms with Gasteiger partial charge in [-0.3, -0.25) is 4.79 Å². The molecule has 1 aromatic rings. The van der Waals surface area contributed by atoms with Gasteiger partial charge >= 0.3 is 0 Å². The van der Waals surface area contributed by atoms with Crippen molar-refractivity contribution in [2.45, 2.75) is 24.7 Å². The molecule has 0 unspecified atom stereocenters. The molecule has 0 spiro atoms. The van der Waals surface area contributed by atoms with Crippen LogP contribution in [0.15, 0.2) is 22.0 Å². The standard InChI is InChI=1S/C9H13NO3S/c1-6(2)7-4-5-10-9(11)8(7)14(3,12)13/h4-6H,1-3H3,(H,10,11). The molecule has 0 aliphatic rings. The van der Waals surface area contributed by atoms with E-state index in [4.69, 9.17) is 0 Å². The fraction of sp³-hybridized carbons (Fsp3) is 0.444. The summed E-state index contributed by atoms with van der Waals surface area (Å²) in [5, 5.41) is 0.